The summed E-state index contributed by atoms with van der Waals surface area (Å²) in [6, 6.07) is 6.32. The lowest BCUT2D eigenvalue weighted by molar-refractivity contribution is -0.140. The van der Waals surface area contributed by atoms with Crippen LogP contribution < -0.4 is 4.74 Å². The maximum absolute atomic E-state index is 12.5. The summed E-state index contributed by atoms with van der Waals surface area (Å²) < 4.78 is 5.53. The molecule has 27 heavy (non-hydrogen) atoms. The number of hydrogen-bond donors (Lipinski definition) is 0. The number of rotatable bonds is 10. The van der Waals surface area contributed by atoms with Crippen LogP contribution in [0.5, 0.6) is 5.75 Å². The number of aromatic nitrogens is 1. The van der Waals surface area contributed by atoms with Crippen LogP contribution in [0.2, 0.25) is 0 Å². The van der Waals surface area contributed by atoms with E-state index >= 15 is 0 Å². The quantitative estimate of drug-likeness (QED) is 0.374. The first kappa shape index (κ1) is 21.4. The molecule has 1 heterocycles. The largest absolute Gasteiger partial charge is 0.425 e. The molecule has 0 bridgehead atoms. The first-order valence-corrected chi connectivity index (χ1v) is 10.7. The highest BCUT2D eigenvalue weighted by Crippen LogP contribution is 2.42. The SMILES string of the molecule is CCCCCCC[C@]1(C#N)CC[C@H](C(=O)Oc2ccc(CCC)nc2)CC1. The van der Waals surface area contributed by atoms with E-state index in [1.165, 1.54) is 25.7 Å². The minimum atomic E-state index is -0.230. The van der Waals surface area contributed by atoms with Crippen LogP contribution in [0, 0.1) is 22.7 Å². The van der Waals surface area contributed by atoms with Crippen LogP contribution in [0.4, 0.5) is 0 Å². The van der Waals surface area contributed by atoms with Crippen molar-refractivity contribution in [2.45, 2.75) is 90.9 Å². The van der Waals surface area contributed by atoms with Crippen LogP contribution in [0.3, 0.4) is 0 Å². The zero-order valence-corrected chi connectivity index (χ0v) is 17.0. The van der Waals surface area contributed by atoms with Gasteiger partial charge in [0.15, 0.2) is 0 Å². The van der Waals surface area contributed by atoms with Gasteiger partial charge in [-0.2, -0.15) is 5.26 Å². The van der Waals surface area contributed by atoms with Gasteiger partial charge in [-0.15, -0.1) is 0 Å². The van der Waals surface area contributed by atoms with E-state index in [0.717, 1.165) is 57.1 Å². The number of pyridine rings is 1. The van der Waals surface area contributed by atoms with Gasteiger partial charge >= 0.3 is 5.97 Å². The Balaban J connectivity index is 1.79. The number of hydrogen-bond acceptors (Lipinski definition) is 4. The lowest BCUT2D eigenvalue weighted by atomic mass is 9.69. The monoisotopic (exact) mass is 370 g/mol. The standard InChI is InChI=1S/C23H34N2O2/c1-3-5-6-7-8-14-23(18-24)15-12-19(13-16-23)22(26)27-21-11-10-20(9-4-2)25-17-21/h10-11,17,19H,3-9,12-16H2,1-2H3/t19-,23-. The number of esters is 1. The lowest BCUT2D eigenvalue weighted by Gasteiger charge is -2.34. The number of nitrogens with zero attached hydrogens (tertiary/aromatic N) is 2. The van der Waals surface area contributed by atoms with Gasteiger partial charge in [-0.1, -0.05) is 52.4 Å². The molecule has 4 heteroatoms. The number of nitriles is 1. The van der Waals surface area contributed by atoms with Crippen LogP contribution in [0.25, 0.3) is 0 Å². The highest BCUT2D eigenvalue weighted by atomic mass is 16.5. The van der Waals surface area contributed by atoms with Gasteiger partial charge in [0.1, 0.15) is 5.75 Å². The van der Waals surface area contributed by atoms with E-state index in [2.05, 4.69) is 24.9 Å². The number of carbonyl (C=O) groups excluding carboxylic acids is 1. The molecule has 0 spiro atoms. The molecular formula is C23H34N2O2. The molecule has 1 aliphatic carbocycles. The van der Waals surface area contributed by atoms with Crippen molar-refractivity contribution in [3.8, 4) is 11.8 Å². The summed E-state index contributed by atoms with van der Waals surface area (Å²) >= 11 is 0. The van der Waals surface area contributed by atoms with Crippen molar-refractivity contribution in [3.63, 3.8) is 0 Å². The van der Waals surface area contributed by atoms with Crippen LogP contribution in [-0.2, 0) is 11.2 Å². The van der Waals surface area contributed by atoms with E-state index in [0.29, 0.717) is 5.75 Å². The van der Waals surface area contributed by atoms with Gasteiger partial charge in [0, 0.05) is 5.69 Å². The normalized spacial score (nSPS) is 22.2. The molecule has 0 saturated heterocycles. The van der Waals surface area contributed by atoms with Gasteiger partial charge < -0.3 is 4.74 Å². The second kappa shape index (κ2) is 11.1. The summed E-state index contributed by atoms with van der Waals surface area (Å²) in [4.78, 5) is 16.8. The minimum Gasteiger partial charge on any atom is -0.425 e. The van der Waals surface area contributed by atoms with Crippen molar-refractivity contribution in [3.05, 3.63) is 24.0 Å². The highest BCUT2D eigenvalue weighted by molar-refractivity contribution is 5.75. The van der Waals surface area contributed by atoms with Gasteiger partial charge in [-0.25, -0.2) is 0 Å². The first-order chi connectivity index (χ1) is 13.1. The van der Waals surface area contributed by atoms with Crippen molar-refractivity contribution >= 4 is 5.97 Å². The van der Waals surface area contributed by atoms with Crippen LogP contribution in [0.15, 0.2) is 18.3 Å². The van der Waals surface area contributed by atoms with Crippen LogP contribution in [0.1, 0.15) is 90.2 Å². The highest BCUT2D eigenvalue weighted by Gasteiger charge is 2.37. The Morgan fingerprint density at radius 3 is 2.52 bits per heavy atom. The van der Waals surface area contributed by atoms with Gasteiger partial charge in [0.25, 0.3) is 0 Å². The predicted molar refractivity (Wildman–Crippen MR) is 107 cm³/mol. The van der Waals surface area contributed by atoms with E-state index in [9.17, 15) is 10.1 Å². The van der Waals surface area contributed by atoms with Crippen molar-refractivity contribution in [1.82, 2.24) is 4.98 Å². The number of carbonyl (C=O) groups is 1. The molecule has 1 aromatic rings. The third-order valence-corrected chi connectivity index (χ3v) is 5.79. The van der Waals surface area contributed by atoms with Gasteiger partial charge in [-0.05, 0) is 50.7 Å². The van der Waals surface area contributed by atoms with Gasteiger partial charge in [0.2, 0.25) is 0 Å². The molecule has 0 N–H and O–H groups in total. The smallest absolute Gasteiger partial charge is 0.314 e. The summed E-state index contributed by atoms with van der Waals surface area (Å²) in [5.41, 5.74) is 0.791. The summed E-state index contributed by atoms with van der Waals surface area (Å²) in [5, 5.41) is 9.70. The Hall–Kier alpha value is -1.89. The fourth-order valence-electron chi connectivity index (χ4n) is 3.97. The fourth-order valence-corrected chi connectivity index (χ4v) is 3.97. The molecule has 0 atom stereocenters. The van der Waals surface area contributed by atoms with Gasteiger partial charge in [-0.3, -0.25) is 9.78 Å². The molecule has 0 radical (unpaired) electrons. The second-order valence-corrected chi connectivity index (χ2v) is 7.99. The number of aryl methyl sites for hydroxylation is 1. The molecule has 0 amide bonds. The summed E-state index contributed by atoms with van der Waals surface area (Å²) in [6.07, 6.45) is 13.8. The summed E-state index contributed by atoms with van der Waals surface area (Å²) in [6.45, 7) is 4.33. The van der Waals surface area contributed by atoms with E-state index in [1.54, 1.807) is 6.20 Å². The Morgan fingerprint density at radius 2 is 1.93 bits per heavy atom. The zero-order chi connectivity index (χ0) is 19.5. The van der Waals surface area contributed by atoms with E-state index < -0.39 is 0 Å². The van der Waals surface area contributed by atoms with Crippen LogP contribution >= 0.6 is 0 Å². The molecule has 0 aliphatic heterocycles. The third kappa shape index (κ3) is 6.65. The van der Waals surface area contributed by atoms with Crippen molar-refractivity contribution < 1.29 is 9.53 Å². The molecule has 0 unspecified atom stereocenters. The van der Waals surface area contributed by atoms with Crippen molar-refractivity contribution in [1.29, 1.82) is 5.26 Å². The average Bonchev–Trinajstić information content (AvgIpc) is 2.70. The van der Waals surface area contributed by atoms with Gasteiger partial charge in [0.05, 0.1) is 23.6 Å². The van der Waals surface area contributed by atoms with E-state index in [-0.39, 0.29) is 17.3 Å². The first-order valence-electron chi connectivity index (χ1n) is 10.7. The molecular weight excluding hydrogens is 336 g/mol. The Morgan fingerprint density at radius 1 is 1.19 bits per heavy atom. The lowest BCUT2D eigenvalue weighted by Crippen LogP contribution is -2.31. The zero-order valence-electron chi connectivity index (χ0n) is 17.0. The van der Waals surface area contributed by atoms with Crippen LogP contribution in [-0.4, -0.2) is 11.0 Å². The summed E-state index contributed by atoms with van der Waals surface area (Å²) in [7, 11) is 0. The van der Waals surface area contributed by atoms with Crippen molar-refractivity contribution in [2.24, 2.45) is 11.3 Å². The molecule has 2 rings (SSSR count). The molecule has 1 fully saturated rings. The maximum Gasteiger partial charge on any atom is 0.314 e. The molecule has 4 nitrogen and oxygen atoms in total. The second-order valence-electron chi connectivity index (χ2n) is 7.99. The molecule has 1 saturated carbocycles. The Labute approximate surface area is 164 Å². The third-order valence-electron chi connectivity index (χ3n) is 5.79. The molecule has 148 valence electrons. The number of unbranched alkanes of at least 4 members (excludes halogenated alkanes) is 4. The number of ether oxygens (including phenoxy) is 1. The Kier molecular flexibility index (Phi) is 8.78. The fraction of sp³-hybridized carbons (Fsp3) is 0.696. The maximum atomic E-state index is 12.5. The topological polar surface area (TPSA) is 63.0 Å². The average molecular weight is 371 g/mol. The molecule has 1 aliphatic rings. The molecule has 0 aromatic carbocycles. The predicted octanol–water partition coefficient (Wildman–Crippen LogP) is 6.00. The Bertz CT molecular complexity index is 610. The minimum absolute atomic E-state index is 0.0955. The van der Waals surface area contributed by atoms with Crippen molar-refractivity contribution in [2.75, 3.05) is 0 Å². The van der Waals surface area contributed by atoms with E-state index in [1.807, 2.05) is 12.1 Å². The molecule has 1 aromatic heterocycles. The summed E-state index contributed by atoms with van der Waals surface area (Å²) in [5.74, 6) is 0.254. The van der Waals surface area contributed by atoms with E-state index in [4.69, 9.17) is 4.74 Å².